The Bertz CT molecular complexity index is 898. The molecule has 2 fully saturated rings. The van der Waals surface area contributed by atoms with E-state index in [2.05, 4.69) is 22.3 Å². The molecule has 2 aliphatic rings. The van der Waals surface area contributed by atoms with Gasteiger partial charge in [0, 0.05) is 30.4 Å². The molecule has 2 aromatic carbocycles. The number of likely N-dealkylation sites (tertiary alicyclic amines) is 1. The van der Waals surface area contributed by atoms with E-state index in [1.165, 1.54) is 5.56 Å². The number of nitrogens with zero attached hydrogens (tertiary/aromatic N) is 2. The molecular weight excluding hydrogens is 366 g/mol. The van der Waals surface area contributed by atoms with Gasteiger partial charge in [-0.1, -0.05) is 18.2 Å². The molecule has 2 aromatic rings. The zero-order valence-electron chi connectivity index (χ0n) is 16.8. The quantitative estimate of drug-likeness (QED) is 0.815. The first kappa shape index (κ1) is 19.5. The highest BCUT2D eigenvalue weighted by molar-refractivity contribution is 5.97. The lowest BCUT2D eigenvalue weighted by Gasteiger charge is -2.24. The average Bonchev–Trinajstić information content (AvgIpc) is 3.37. The van der Waals surface area contributed by atoms with Gasteiger partial charge in [-0.2, -0.15) is 0 Å². The number of ether oxygens (including phenoxy) is 1. The second kappa shape index (κ2) is 8.66. The summed E-state index contributed by atoms with van der Waals surface area (Å²) in [6.07, 6.45) is 3.59. The van der Waals surface area contributed by atoms with Crippen LogP contribution in [-0.2, 0) is 9.59 Å². The highest BCUT2D eigenvalue weighted by Gasteiger charge is 2.28. The number of carbonyl (C=O) groups excluding carboxylic acids is 2. The molecule has 4 rings (SSSR count). The Balaban J connectivity index is 1.41. The predicted octanol–water partition coefficient (Wildman–Crippen LogP) is 3.60. The van der Waals surface area contributed by atoms with E-state index in [1.807, 2.05) is 36.4 Å². The molecule has 0 spiro atoms. The molecule has 2 aliphatic heterocycles. The summed E-state index contributed by atoms with van der Waals surface area (Å²) < 4.78 is 5.34. The van der Waals surface area contributed by atoms with Gasteiger partial charge in [-0.15, -0.1) is 0 Å². The second-order valence-corrected chi connectivity index (χ2v) is 7.65. The van der Waals surface area contributed by atoms with Crippen LogP contribution in [0.3, 0.4) is 0 Å². The van der Waals surface area contributed by atoms with Crippen molar-refractivity contribution in [2.45, 2.75) is 31.7 Å². The zero-order valence-corrected chi connectivity index (χ0v) is 16.8. The lowest BCUT2D eigenvalue weighted by Crippen LogP contribution is -2.33. The molecule has 1 N–H and O–H groups in total. The molecule has 1 atom stereocenters. The van der Waals surface area contributed by atoms with Gasteiger partial charge in [-0.3, -0.25) is 14.5 Å². The number of amides is 2. The maximum atomic E-state index is 12.7. The van der Waals surface area contributed by atoms with Gasteiger partial charge in [0.05, 0.1) is 13.7 Å². The van der Waals surface area contributed by atoms with E-state index in [1.54, 1.807) is 12.0 Å². The topological polar surface area (TPSA) is 61.9 Å². The summed E-state index contributed by atoms with van der Waals surface area (Å²) in [5, 5.41) is 3.00. The summed E-state index contributed by atoms with van der Waals surface area (Å²) in [6.45, 7) is 1.98. The predicted molar refractivity (Wildman–Crippen MR) is 113 cm³/mol. The summed E-state index contributed by atoms with van der Waals surface area (Å²) in [6, 6.07) is 15.9. The summed E-state index contributed by atoms with van der Waals surface area (Å²) in [5.74, 6) is 0.948. The van der Waals surface area contributed by atoms with E-state index in [9.17, 15) is 9.59 Å². The third kappa shape index (κ3) is 4.43. The first-order chi connectivity index (χ1) is 14.1. The Hall–Kier alpha value is -2.86. The van der Waals surface area contributed by atoms with Gasteiger partial charge in [0.15, 0.2) is 0 Å². The molecule has 1 unspecified atom stereocenters. The minimum atomic E-state index is -0.0373. The maximum Gasteiger partial charge on any atom is 0.238 e. The molecule has 2 amide bonds. The van der Waals surface area contributed by atoms with Gasteiger partial charge < -0.3 is 15.0 Å². The van der Waals surface area contributed by atoms with Crippen LogP contribution >= 0.6 is 0 Å². The summed E-state index contributed by atoms with van der Waals surface area (Å²) in [5.41, 5.74) is 2.76. The molecule has 6 nitrogen and oxygen atoms in total. The molecule has 0 bridgehead atoms. The highest BCUT2D eigenvalue weighted by Crippen LogP contribution is 2.33. The monoisotopic (exact) mass is 393 g/mol. The Morgan fingerprint density at radius 1 is 1.14 bits per heavy atom. The first-order valence-electron chi connectivity index (χ1n) is 10.2. The van der Waals surface area contributed by atoms with Crippen LogP contribution in [0.1, 0.15) is 37.3 Å². The smallest absolute Gasteiger partial charge is 0.238 e. The van der Waals surface area contributed by atoms with E-state index in [0.29, 0.717) is 13.0 Å². The minimum absolute atomic E-state index is 0.0373. The SMILES string of the molecule is COc1cccc(C2CCCN2CC(=O)Nc2cccc(N3CCCC3=O)c2)c1. The number of nitrogens with one attached hydrogen (secondary N) is 1. The number of benzene rings is 2. The van der Waals surface area contributed by atoms with Crippen molar-refractivity contribution >= 4 is 23.2 Å². The minimum Gasteiger partial charge on any atom is -0.497 e. The lowest BCUT2D eigenvalue weighted by atomic mass is 10.0. The van der Waals surface area contributed by atoms with Crippen LogP contribution in [0.15, 0.2) is 48.5 Å². The average molecular weight is 393 g/mol. The molecular formula is C23H27N3O3. The fourth-order valence-corrected chi connectivity index (χ4v) is 4.30. The maximum absolute atomic E-state index is 12.7. The normalized spacial score (nSPS) is 19.6. The van der Waals surface area contributed by atoms with Crippen LogP contribution in [0.5, 0.6) is 5.75 Å². The lowest BCUT2D eigenvalue weighted by molar-refractivity contribution is -0.118. The van der Waals surface area contributed by atoms with Crippen LogP contribution in [0.25, 0.3) is 0 Å². The third-order valence-corrected chi connectivity index (χ3v) is 5.70. The summed E-state index contributed by atoms with van der Waals surface area (Å²) in [7, 11) is 1.67. The fraction of sp³-hybridized carbons (Fsp3) is 0.391. The second-order valence-electron chi connectivity index (χ2n) is 7.65. The van der Waals surface area contributed by atoms with Crippen molar-refractivity contribution < 1.29 is 14.3 Å². The van der Waals surface area contributed by atoms with Crippen LogP contribution in [0, 0.1) is 0 Å². The molecule has 0 saturated carbocycles. The van der Waals surface area contributed by atoms with Crippen LogP contribution in [0.4, 0.5) is 11.4 Å². The van der Waals surface area contributed by atoms with E-state index >= 15 is 0 Å². The van der Waals surface area contributed by atoms with E-state index < -0.39 is 0 Å². The number of methoxy groups -OCH3 is 1. The highest BCUT2D eigenvalue weighted by atomic mass is 16.5. The van der Waals surface area contributed by atoms with Crippen LogP contribution < -0.4 is 15.0 Å². The Morgan fingerprint density at radius 3 is 2.79 bits per heavy atom. The largest absolute Gasteiger partial charge is 0.497 e. The number of carbonyl (C=O) groups is 2. The Kier molecular flexibility index (Phi) is 5.81. The van der Waals surface area contributed by atoms with E-state index in [4.69, 9.17) is 4.74 Å². The summed E-state index contributed by atoms with van der Waals surface area (Å²) in [4.78, 5) is 28.7. The van der Waals surface area contributed by atoms with Gasteiger partial charge in [-0.05, 0) is 61.7 Å². The molecule has 0 aromatic heterocycles. The fourth-order valence-electron chi connectivity index (χ4n) is 4.30. The zero-order chi connectivity index (χ0) is 20.2. The van der Waals surface area contributed by atoms with Crippen molar-refractivity contribution in [3.05, 3.63) is 54.1 Å². The van der Waals surface area contributed by atoms with Gasteiger partial charge in [-0.25, -0.2) is 0 Å². The molecule has 2 heterocycles. The van der Waals surface area contributed by atoms with Crippen LogP contribution in [0.2, 0.25) is 0 Å². The van der Waals surface area contributed by atoms with Crippen molar-refractivity contribution in [2.24, 2.45) is 0 Å². The van der Waals surface area contributed by atoms with Crippen molar-refractivity contribution in [3.8, 4) is 5.75 Å². The van der Waals surface area contributed by atoms with Gasteiger partial charge >= 0.3 is 0 Å². The van der Waals surface area contributed by atoms with Crippen LogP contribution in [-0.4, -0.2) is 43.5 Å². The van der Waals surface area contributed by atoms with Crippen molar-refractivity contribution in [2.75, 3.05) is 37.0 Å². The van der Waals surface area contributed by atoms with Gasteiger partial charge in [0.2, 0.25) is 11.8 Å². The molecule has 2 saturated heterocycles. The molecule has 0 radical (unpaired) electrons. The third-order valence-electron chi connectivity index (χ3n) is 5.70. The molecule has 29 heavy (non-hydrogen) atoms. The molecule has 6 heteroatoms. The van der Waals surface area contributed by atoms with Crippen molar-refractivity contribution in [3.63, 3.8) is 0 Å². The Labute approximate surface area is 171 Å². The van der Waals surface area contributed by atoms with Gasteiger partial charge in [0.1, 0.15) is 5.75 Å². The number of anilines is 2. The van der Waals surface area contributed by atoms with E-state index in [-0.39, 0.29) is 17.9 Å². The van der Waals surface area contributed by atoms with Crippen molar-refractivity contribution in [1.82, 2.24) is 4.90 Å². The molecule has 0 aliphatic carbocycles. The Morgan fingerprint density at radius 2 is 2.00 bits per heavy atom. The number of rotatable bonds is 6. The van der Waals surface area contributed by atoms with Crippen molar-refractivity contribution in [1.29, 1.82) is 0 Å². The first-order valence-corrected chi connectivity index (χ1v) is 10.2. The van der Waals surface area contributed by atoms with Gasteiger partial charge in [0.25, 0.3) is 0 Å². The number of hydrogen-bond donors (Lipinski definition) is 1. The summed E-state index contributed by atoms with van der Waals surface area (Å²) >= 11 is 0. The number of hydrogen-bond acceptors (Lipinski definition) is 4. The standard InChI is InChI=1S/C23H27N3O3/c1-29-20-9-2-6-17(14-20)21-10-4-12-25(21)16-22(27)24-18-7-3-8-19(15-18)26-13-5-11-23(26)28/h2-3,6-9,14-15,21H,4-5,10-13,16H2,1H3,(H,24,27). The van der Waals surface area contributed by atoms with E-state index in [0.717, 1.165) is 49.5 Å². The molecule has 152 valence electrons.